The molecule has 29 heavy (non-hydrogen) atoms. The lowest BCUT2D eigenvalue weighted by Gasteiger charge is -2.35. The van der Waals surface area contributed by atoms with E-state index in [-0.39, 0.29) is 18.7 Å². The summed E-state index contributed by atoms with van der Waals surface area (Å²) in [4.78, 5) is 63.4. The van der Waals surface area contributed by atoms with E-state index in [1.807, 2.05) is 12.2 Å². The summed E-state index contributed by atoms with van der Waals surface area (Å²) in [6.07, 6.45) is 0.715. The van der Waals surface area contributed by atoms with Gasteiger partial charge in [0.15, 0.2) is 0 Å². The van der Waals surface area contributed by atoms with Gasteiger partial charge in [0.2, 0.25) is 11.8 Å². The molecule has 0 aliphatic carbocycles. The molecule has 166 valence electrons. The first-order valence-electron chi connectivity index (χ1n) is 9.26. The van der Waals surface area contributed by atoms with E-state index in [1.165, 1.54) is 39.8 Å². The molecule has 0 aliphatic rings. The molecule has 0 spiro atoms. The topological polar surface area (TPSA) is 153 Å². The van der Waals surface area contributed by atoms with Crippen LogP contribution in [0.3, 0.4) is 0 Å². The molecule has 0 radical (unpaired) electrons. The normalized spacial score (nSPS) is 13.1. The number of urea groups is 2. The van der Waals surface area contributed by atoms with Crippen molar-refractivity contribution in [1.82, 2.24) is 20.0 Å². The molecule has 4 N–H and O–H groups in total. The Labute approximate surface area is 171 Å². The lowest BCUT2D eigenvalue weighted by molar-refractivity contribution is -0.148. The minimum absolute atomic E-state index is 0.187. The van der Waals surface area contributed by atoms with Crippen LogP contribution >= 0.6 is 0 Å². The highest BCUT2D eigenvalue weighted by Crippen LogP contribution is 2.17. The summed E-state index contributed by atoms with van der Waals surface area (Å²) in [6.45, 7) is 6.26. The number of amides is 7. The maximum Gasteiger partial charge on any atom is 0.331 e. The molecule has 2 atom stereocenters. The van der Waals surface area contributed by atoms with Crippen molar-refractivity contribution in [1.29, 1.82) is 0 Å². The number of hydrogen-bond acceptors (Lipinski definition) is 6. The average Bonchev–Trinajstić information content (AvgIpc) is 2.62. The summed E-state index contributed by atoms with van der Waals surface area (Å²) in [7, 11) is 3.92. The second-order valence-corrected chi connectivity index (χ2v) is 7.60. The van der Waals surface area contributed by atoms with Crippen LogP contribution in [0.15, 0.2) is 0 Å². The Balaban J connectivity index is 5.55. The third-order valence-electron chi connectivity index (χ3n) is 4.47. The molecule has 0 rings (SSSR count). The smallest absolute Gasteiger partial charge is 0.331 e. The van der Waals surface area contributed by atoms with Crippen LogP contribution in [-0.2, 0) is 14.4 Å². The van der Waals surface area contributed by atoms with Crippen molar-refractivity contribution in [2.24, 2.45) is 5.73 Å². The van der Waals surface area contributed by atoms with Gasteiger partial charge in [-0.15, -0.1) is 0 Å². The summed E-state index contributed by atoms with van der Waals surface area (Å²) >= 11 is 0. The van der Waals surface area contributed by atoms with Gasteiger partial charge in [0.25, 0.3) is 5.91 Å². The average molecular weight is 415 g/mol. The van der Waals surface area contributed by atoms with Gasteiger partial charge in [-0.3, -0.25) is 19.7 Å². The Morgan fingerprint density at radius 2 is 1.59 bits per heavy atom. The fraction of sp³-hybridized carbons (Fsp3) is 0.722. The maximum absolute atomic E-state index is 12.9. The Hall–Kier alpha value is -2.69. The molecule has 0 bridgehead atoms. The lowest BCUT2D eigenvalue weighted by atomic mass is 9.97. The first kappa shape index (κ1) is 26.3. The number of carbonyl (C=O) groups is 5. The molecule has 0 aliphatic heterocycles. The van der Waals surface area contributed by atoms with Crippen molar-refractivity contribution in [3.8, 4) is 0 Å². The quantitative estimate of drug-likeness (QED) is 0.502. The SMILES string of the molecule is CCCC(=O)N(C)[C@H](C)C(=O)N(C)[C@@H](CC(C)(C)O)C(=O)NC(=O)N(C)C(N)=O. The molecule has 7 amide bonds. The first-order valence-corrected chi connectivity index (χ1v) is 9.26. The van der Waals surface area contributed by atoms with Crippen molar-refractivity contribution in [3.63, 3.8) is 0 Å². The van der Waals surface area contributed by atoms with E-state index >= 15 is 0 Å². The Morgan fingerprint density at radius 1 is 1.07 bits per heavy atom. The number of imide groups is 2. The van der Waals surface area contributed by atoms with Gasteiger partial charge < -0.3 is 20.6 Å². The van der Waals surface area contributed by atoms with E-state index in [2.05, 4.69) is 0 Å². The number of rotatable bonds is 8. The third kappa shape index (κ3) is 8.06. The summed E-state index contributed by atoms with van der Waals surface area (Å²) in [6, 6.07) is -4.22. The zero-order valence-corrected chi connectivity index (χ0v) is 18.2. The summed E-state index contributed by atoms with van der Waals surface area (Å²) < 4.78 is 0. The zero-order valence-electron chi connectivity index (χ0n) is 18.2. The minimum atomic E-state index is -1.34. The van der Waals surface area contributed by atoms with Crippen LogP contribution in [0.5, 0.6) is 0 Å². The highest BCUT2D eigenvalue weighted by atomic mass is 16.3. The van der Waals surface area contributed by atoms with Crippen LogP contribution in [0, 0.1) is 0 Å². The number of nitrogens with one attached hydrogen (secondary N) is 1. The Kier molecular flexibility index (Phi) is 9.75. The van der Waals surface area contributed by atoms with Crippen LogP contribution in [0.1, 0.15) is 47.0 Å². The number of carbonyl (C=O) groups excluding carboxylic acids is 5. The van der Waals surface area contributed by atoms with E-state index < -0.39 is 41.6 Å². The van der Waals surface area contributed by atoms with Gasteiger partial charge in [-0.05, 0) is 27.2 Å². The summed E-state index contributed by atoms with van der Waals surface area (Å²) in [5.74, 6) is -1.66. The molecular formula is C18H33N5O6. The highest BCUT2D eigenvalue weighted by molar-refractivity contribution is 6.03. The molecule has 0 aromatic heterocycles. The van der Waals surface area contributed by atoms with Gasteiger partial charge >= 0.3 is 12.1 Å². The van der Waals surface area contributed by atoms with Crippen molar-refractivity contribution in [2.45, 2.75) is 64.6 Å². The molecule has 0 aromatic carbocycles. The van der Waals surface area contributed by atoms with Crippen LogP contribution in [0.25, 0.3) is 0 Å². The number of primary amides is 1. The van der Waals surface area contributed by atoms with Crippen molar-refractivity contribution >= 4 is 29.8 Å². The zero-order chi connectivity index (χ0) is 23.1. The maximum atomic E-state index is 12.9. The molecule has 0 aromatic rings. The Bertz CT molecular complexity index is 645. The second kappa shape index (κ2) is 10.7. The number of nitrogens with zero attached hydrogens (tertiary/aromatic N) is 3. The second-order valence-electron chi connectivity index (χ2n) is 7.60. The largest absolute Gasteiger partial charge is 0.390 e. The van der Waals surface area contributed by atoms with Crippen LogP contribution in [0.4, 0.5) is 9.59 Å². The first-order chi connectivity index (χ1) is 13.1. The van der Waals surface area contributed by atoms with Crippen LogP contribution < -0.4 is 11.1 Å². The lowest BCUT2D eigenvalue weighted by Crippen LogP contribution is -2.57. The number of hydrogen-bond donors (Lipinski definition) is 3. The van der Waals surface area contributed by atoms with Crippen molar-refractivity contribution in [2.75, 3.05) is 21.1 Å². The van der Waals surface area contributed by atoms with E-state index in [9.17, 15) is 29.1 Å². The van der Waals surface area contributed by atoms with Crippen molar-refractivity contribution < 1.29 is 29.1 Å². The van der Waals surface area contributed by atoms with Gasteiger partial charge in [-0.25, -0.2) is 14.5 Å². The van der Waals surface area contributed by atoms with E-state index in [0.29, 0.717) is 11.3 Å². The number of nitrogens with two attached hydrogens (primary N) is 1. The predicted octanol–water partition coefficient (Wildman–Crippen LogP) is -0.132. The molecule has 0 unspecified atom stereocenters. The predicted molar refractivity (Wildman–Crippen MR) is 105 cm³/mol. The third-order valence-corrected chi connectivity index (χ3v) is 4.47. The monoisotopic (exact) mass is 415 g/mol. The van der Waals surface area contributed by atoms with Gasteiger partial charge in [-0.2, -0.15) is 0 Å². The van der Waals surface area contributed by atoms with Gasteiger partial charge in [0, 0.05) is 34.0 Å². The van der Waals surface area contributed by atoms with Crippen LogP contribution in [0.2, 0.25) is 0 Å². The number of aliphatic hydroxyl groups is 1. The molecular weight excluding hydrogens is 382 g/mol. The molecule has 11 nitrogen and oxygen atoms in total. The van der Waals surface area contributed by atoms with Crippen molar-refractivity contribution in [3.05, 3.63) is 0 Å². The van der Waals surface area contributed by atoms with Gasteiger partial charge in [-0.1, -0.05) is 6.92 Å². The van der Waals surface area contributed by atoms with Gasteiger partial charge in [0.1, 0.15) is 12.1 Å². The molecule has 11 heteroatoms. The van der Waals surface area contributed by atoms with Crippen LogP contribution in [-0.4, -0.2) is 88.4 Å². The molecule has 0 saturated carbocycles. The summed E-state index contributed by atoms with van der Waals surface area (Å²) in [5.41, 5.74) is 3.65. The number of likely N-dealkylation sites (N-methyl/N-ethyl adjacent to an activating group) is 2. The fourth-order valence-electron chi connectivity index (χ4n) is 2.47. The van der Waals surface area contributed by atoms with E-state index in [0.717, 1.165) is 11.9 Å². The molecule has 0 heterocycles. The standard InChI is InChI=1S/C18H33N5O6/c1-8-9-13(24)21(5)11(2)15(26)22(6)12(10-18(3,4)29)14(25)20-17(28)23(7)16(19)27/h11-12,29H,8-10H2,1-7H3,(H2,19,27)(H,20,25,28)/t11-,12+/m1/s1. The Morgan fingerprint density at radius 3 is 2.00 bits per heavy atom. The van der Waals surface area contributed by atoms with E-state index in [4.69, 9.17) is 5.73 Å². The summed E-state index contributed by atoms with van der Waals surface area (Å²) in [5, 5.41) is 12.1. The fourth-order valence-corrected chi connectivity index (χ4v) is 2.47. The minimum Gasteiger partial charge on any atom is -0.390 e. The molecule has 0 saturated heterocycles. The van der Waals surface area contributed by atoms with Gasteiger partial charge in [0.05, 0.1) is 5.60 Å². The van der Waals surface area contributed by atoms with E-state index in [1.54, 1.807) is 0 Å². The highest BCUT2D eigenvalue weighted by Gasteiger charge is 2.36. The molecule has 0 fully saturated rings.